The molecule has 0 atom stereocenters. The molecule has 1 N–H and O–H groups in total. The van der Waals surface area contributed by atoms with E-state index in [2.05, 4.69) is 5.32 Å². The molecular formula is C26H21Cl2NO4. The van der Waals surface area contributed by atoms with Gasteiger partial charge in [0.25, 0.3) is 0 Å². The molecular weight excluding hydrogens is 461 g/mol. The van der Waals surface area contributed by atoms with Gasteiger partial charge < -0.3 is 19.2 Å². The summed E-state index contributed by atoms with van der Waals surface area (Å²) in [4.78, 5) is 12.7. The lowest BCUT2D eigenvalue weighted by molar-refractivity contribution is -0.111. The van der Waals surface area contributed by atoms with Crippen LogP contribution in [0.5, 0.6) is 11.5 Å². The summed E-state index contributed by atoms with van der Waals surface area (Å²) in [5.74, 6) is 0.990. The highest BCUT2D eigenvalue weighted by molar-refractivity contribution is 6.44. The van der Waals surface area contributed by atoms with Gasteiger partial charge in [0.15, 0.2) is 0 Å². The van der Waals surface area contributed by atoms with E-state index in [4.69, 9.17) is 37.1 Å². The molecule has 0 spiro atoms. The summed E-state index contributed by atoms with van der Waals surface area (Å²) in [5.41, 5.74) is 4.36. The predicted molar refractivity (Wildman–Crippen MR) is 133 cm³/mol. The van der Waals surface area contributed by atoms with Crippen molar-refractivity contribution < 1.29 is 18.7 Å². The second kappa shape index (κ2) is 9.61. The Morgan fingerprint density at radius 1 is 0.970 bits per heavy atom. The summed E-state index contributed by atoms with van der Waals surface area (Å²) in [7, 11) is 3.21. The molecule has 1 aromatic heterocycles. The number of benzene rings is 3. The molecule has 0 unspecified atom stereocenters. The number of ether oxygens (including phenoxy) is 2. The van der Waals surface area contributed by atoms with Gasteiger partial charge in [-0.15, -0.1) is 0 Å². The Bertz CT molecular complexity index is 1370. The number of para-hydroxylation sites is 1. The number of anilines is 1. The van der Waals surface area contributed by atoms with Crippen LogP contribution in [0, 0.1) is 0 Å². The Morgan fingerprint density at radius 3 is 2.48 bits per heavy atom. The number of allylic oxidation sites excluding steroid dienone is 1. The monoisotopic (exact) mass is 481 g/mol. The molecule has 3 aromatic carbocycles. The van der Waals surface area contributed by atoms with E-state index in [0.717, 1.165) is 27.8 Å². The van der Waals surface area contributed by atoms with Crippen LogP contribution in [0.3, 0.4) is 0 Å². The third-order valence-corrected chi connectivity index (χ3v) is 6.09. The second-order valence-corrected chi connectivity index (χ2v) is 8.10. The molecule has 0 fully saturated rings. The van der Waals surface area contributed by atoms with Crippen LogP contribution in [-0.4, -0.2) is 20.1 Å². The number of halogens is 2. The molecule has 33 heavy (non-hydrogen) atoms. The predicted octanol–water partition coefficient (Wildman–Crippen LogP) is 7.47. The molecule has 7 heteroatoms. The van der Waals surface area contributed by atoms with Gasteiger partial charge in [0.05, 0.1) is 36.2 Å². The van der Waals surface area contributed by atoms with Crippen molar-refractivity contribution in [2.45, 2.75) is 6.92 Å². The number of carbonyl (C=O) groups excluding carboxylic acids is 1. The topological polar surface area (TPSA) is 60.7 Å². The van der Waals surface area contributed by atoms with Crippen LogP contribution in [0.4, 0.5) is 5.69 Å². The lowest BCUT2D eigenvalue weighted by atomic mass is 9.98. The van der Waals surface area contributed by atoms with Crippen LogP contribution >= 0.6 is 23.2 Å². The van der Waals surface area contributed by atoms with E-state index in [1.807, 2.05) is 43.3 Å². The minimum absolute atomic E-state index is 0.289. The molecule has 0 bridgehead atoms. The zero-order chi connectivity index (χ0) is 23.5. The van der Waals surface area contributed by atoms with Gasteiger partial charge in [-0.1, -0.05) is 47.5 Å². The molecule has 4 rings (SSSR count). The number of furan rings is 1. The first-order chi connectivity index (χ1) is 15.9. The highest BCUT2D eigenvalue weighted by Crippen LogP contribution is 2.40. The van der Waals surface area contributed by atoms with Crippen molar-refractivity contribution in [2.75, 3.05) is 19.5 Å². The highest BCUT2D eigenvalue weighted by Gasteiger charge is 2.17. The van der Waals surface area contributed by atoms with Gasteiger partial charge in [-0.2, -0.15) is 0 Å². The number of methoxy groups -OCH3 is 2. The van der Waals surface area contributed by atoms with E-state index in [9.17, 15) is 4.79 Å². The quantitative estimate of drug-likeness (QED) is 0.290. The van der Waals surface area contributed by atoms with Crippen LogP contribution in [0.2, 0.25) is 10.0 Å². The minimum Gasteiger partial charge on any atom is -0.496 e. The molecule has 0 aliphatic heterocycles. The number of hydrogen-bond acceptors (Lipinski definition) is 4. The fourth-order valence-corrected chi connectivity index (χ4v) is 4.00. The average molecular weight is 482 g/mol. The SMILES string of the molecule is COc1cc2occ(-c3ccccc3OC)c2cc1/C(C)=C/C(=O)Nc1cccc(Cl)c1Cl. The van der Waals surface area contributed by atoms with Crippen molar-refractivity contribution in [1.29, 1.82) is 0 Å². The van der Waals surface area contributed by atoms with E-state index in [1.165, 1.54) is 6.08 Å². The summed E-state index contributed by atoms with van der Waals surface area (Å²) in [6.07, 6.45) is 3.18. The van der Waals surface area contributed by atoms with Gasteiger partial charge in [0, 0.05) is 34.2 Å². The fourth-order valence-electron chi connectivity index (χ4n) is 3.65. The maximum absolute atomic E-state index is 12.7. The highest BCUT2D eigenvalue weighted by atomic mass is 35.5. The first-order valence-corrected chi connectivity index (χ1v) is 10.8. The number of amides is 1. The molecule has 168 valence electrons. The van der Waals surface area contributed by atoms with Crippen LogP contribution in [-0.2, 0) is 4.79 Å². The Kier molecular flexibility index (Phi) is 6.63. The van der Waals surface area contributed by atoms with E-state index < -0.39 is 0 Å². The largest absolute Gasteiger partial charge is 0.496 e. The van der Waals surface area contributed by atoms with Crippen molar-refractivity contribution in [3.8, 4) is 22.6 Å². The van der Waals surface area contributed by atoms with Crippen LogP contribution in [0.1, 0.15) is 12.5 Å². The number of carbonyl (C=O) groups is 1. The summed E-state index contributed by atoms with van der Waals surface area (Å²) in [6, 6.07) is 16.5. The third kappa shape index (κ3) is 4.56. The van der Waals surface area contributed by atoms with Crippen LogP contribution in [0.15, 0.2) is 71.4 Å². The molecule has 5 nitrogen and oxygen atoms in total. The Morgan fingerprint density at radius 2 is 1.73 bits per heavy atom. The molecule has 0 aliphatic rings. The van der Waals surface area contributed by atoms with Crippen molar-refractivity contribution in [1.82, 2.24) is 0 Å². The summed E-state index contributed by atoms with van der Waals surface area (Å²) >= 11 is 12.2. The van der Waals surface area contributed by atoms with E-state index in [0.29, 0.717) is 27.6 Å². The maximum atomic E-state index is 12.7. The Hall–Kier alpha value is -3.41. The van der Waals surface area contributed by atoms with E-state index >= 15 is 0 Å². The zero-order valence-corrected chi connectivity index (χ0v) is 19.8. The first-order valence-electron chi connectivity index (χ1n) is 10.1. The van der Waals surface area contributed by atoms with Gasteiger partial charge >= 0.3 is 0 Å². The first kappa shape index (κ1) is 22.8. The molecule has 0 radical (unpaired) electrons. The van der Waals surface area contributed by atoms with Crippen molar-refractivity contribution in [3.05, 3.63) is 82.5 Å². The number of rotatable bonds is 6. The van der Waals surface area contributed by atoms with Gasteiger partial charge in [-0.05, 0) is 36.8 Å². The van der Waals surface area contributed by atoms with Crippen LogP contribution in [0.25, 0.3) is 27.7 Å². The maximum Gasteiger partial charge on any atom is 0.248 e. The van der Waals surface area contributed by atoms with Crippen molar-refractivity contribution >= 4 is 51.3 Å². The summed E-state index contributed by atoms with van der Waals surface area (Å²) in [5, 5.41) is 4.30. The van der Waals surface area contributed by atoms with Gasteiger partial charge in [0.2, 0.25) is 5.91 Å². The summed E-state index contributed by atoms with van der Waals surface area (Å²) in [6.45, 7) is 1.84. The number of fused-ring (bicyclic) bond motifs is 1. The van der Waals surface area contributed by atoms with Crippen LogP contribution < -0.4 is 14.8 Å². The van der Waals surface area contributed by atoms with Crippen molar-refractivity contribution in [3.63, 3.8) is 0 Å². The van der Waals surface area contributed by atoms with Crippen molar-refractivity contribution in [2.24, 2.45) is 0 Å². The summed E-state index contributed by atoms with van der Waals surface area (Å²) < 4.78 is 16.9. The number of nitrogens with one attached hydrogen (secondary N) is 1. The zero-order valence-electron chi connectivity index (χ0n) is 18.2. The van der Waals surface area contributed by atoms with Gasteiger partial charge in [0.1, 0.15) is 17.1 Å². The molecule has 0 saturated carbocycles. The molecule has 0 saturated heterocycles. The molecule has 1 amide bonds. The smallest absolute Gasteiger partial charge is 0.248 e. The Balaban J connectivity index is 1.74. The van der Waals surface area contributed by atoms with Gasteiger partial charge in [-0.3, -0.25) is 4.79 Å². The lowest BCUT2D eigenvalue weighted by Crippen LogP contribution is -2.09. The molecule has 4 aromatic rings. The third-order valence-electron chi connectivity index (χ3n) is 5.27. The molecule has 0 aliphatic carbocycles. The average Bonchev–Trinajstić information content (AvgIpc) is 3.23. The normalized spacial score (nSPS) is 11.5. The second-order valence-electron chi connectivity index (χ2n) is 7.32. The standard InChI is InChI=1S/C26H21Cl2NO4/c1-15(11-25(30)29-21-9-6-8-20(27)26(21)28)17-12-18-19(14-33-24(18)13-23(17)32-3)16-7-4-5-10-22(16)31-2/h4-14H,1-3H3,(H,29,30)/b15-11+. The minimum atomic E-state index is -0.337. The van der Waals surface area contributed by atoms with E-state index in [-0.39, 0.29) is 10.9 Å². The molecule has 1 heterocycles. The lowest BCUT2D eigenvalue weighted by Gasteiger charge is -2.11. The van der Waals surface area contributed by atoms with E-state index in [1.54, 1.807) is 38.7 Å². The fraction of sp³-hybridized carbons (Fsp3) is 0.115. The van der Waals surface area contributed by atoms with Gasteiger partial charge in [-0.25, -0.2) is 0 Å². The number of hydrogen-bond donors (Lipinski definition) is 1. The Labute approximate surface area is 201 Å².